The molecule has 1 aliphatic rings. The zero-order chi connectivity index (χ0) is 11.4. The van der Waals surface area contributed by atoms with Crippen molar-refractivity contribution in [3.8, 4) is 0 Å². The lowest BCUT2D eigenvalue weighted by Gasteiger charge is -2.47. The van der Waals surface area contributed by atoms with Crippen LogP contribution in [0.2, 0.25) is 0 Å². The molecule has 1 fully saturated rings. The molecule has 0 amide bonds. The minimum atomic E-state index is -0.245. The molecule has 1 saturated carbocycles. The van der Waals surface area contributed by atoms with E-state index in [0.29, 0.717) is 5.41 Å². The van der Waals surface area contributed by atoms with Crippen LogP contribution >= 0.6 is 0 Å². The number of hydrogen-bond acceptors (Lipinski definition) is 2. The average Bonchev–Trinajstić information content (AvgIpc) is 2.02. The summed E-state index contributed by atoms with van der Waals surface area (Å²) in [5.74, 6) is 1.65. The van der Waals surface area contributed by atoms with Crippen molar-refractivity contribution >= 4 is 5.97 Å². The second-order valence-electron chi connectivity index (χ2n) is 5.07. The molecule has 0 heterocycles. The molecule has 0 aromatic carbocycles. The van der Waals surface area contributed by atoms with E-state index in [-0.39, 0.29) is 5.97 Å². The third-order valence-corrected chi connectivity index (χ3v) is 3.20. The van der Waals surface area contributed by atoms with Crippen molar-refractivity contribution < 1.29 is 9.53 Å². The topological polar surface area (TPSA) is 26.3 Å². The lowest BCUT2D eigenvalue weighted by atomic mass is 9.58. The number of ether oxygens (including phenoxy) is 1. The van der Waals surface area contributed by atoms with Crippen LogP contribution < -0.4 is 0 Å². The molecule has 2 nitrogen and oxygen atoms in total. The Morgan fingerprint density at radius 2 is 1.86 bits per heavy atom. The fraction of sp³-hybridized carbons (Fsp3) is 0.917. The maximum absolute atomic E-state index is 9.59. The van der Waals surface area contributed by atoms with Crippen LogP contribution in [-0.2, 0) is 9.53 Å². The Hall–Kier alpha value is -0.530. The van der Waals surface area contributed by atoms with Crippen LogP contribution in [0.25, 0.3) is 0 Å². The van der Waals surface area contributed by atoms with Gasteiger partial charge in [-0.05, 0) is 30.1 Å². The summed E-state index contributed by atoms with van der Waals surface area (Å²) in [5, 5.41) is 0. The largest absolute Gasteiger partial charge is 0.469 e. The summed E-state index contributed by atoms with van der Waals surface area (Å²) in [6.45, 7) is 10.8. The van der Waals surface area contributed by atoms with Gasteiger partial charge < -0.3 is 4.74 Å². The fourth-order valence-electron chi connectivity index (χ4n) is 2.12. The van der Waals surface area contributed by atoms with E-state index < -0.39 is 0 Å². The van der Waals surface area contributed by atoms with Crippen LogP contribution in [0.3, 0.4) is 0 Å². The summed E-state index contributed by atoms with van der Waals surface area (Å²) in [6.07, 6.45) is 2.90. The SMILES string of the molecule is CC(C)C1CCC1(C)C.COC(C)=O. The highest BCUT2D eigenvalue weighted by molar-refractivity contribution is 5.65. The van der Waals surface area contributed by atoms with Gasteiger partial charge in [0.15, 0.2) is 0 Å². The molecule has 0 aromatic heterocycles. The van der Waals surface area contributed by atoms with Gasteiger partial charge in [-0.3, -0.25) is 4.79 Å². The summed E-state index contributed by atoms with van der Waals surface area (Å²) < 4.78 is 4.11. The normalized spacial score (nSPS) is 23.2. The molecule has 14 heavy (non-hydrogen) atoms. The van der Waals surface area contributed by atoms with E-state index >= 15 is 0 Å². The summed E-state index contributed by atoms with van der Waals surface area (Å²) in [4.78, 5) is 9.59. The molecule has 0 saturated heterocycles. The Kier molecular flexibility index (Phi) is 5.17. The van der Waals surface area contributed by atoms with E-state index in [1.165, 1.54) is 26.9 Å². The van der Waals surface area contributed by atoms with Crippen molar-refractivity contribution in [3.63, 3.8) is 0 Å². The van der Waals surface area contributed by atoms with Gasteiger partial charge in [0.1, 0.15) is 0 Å². The minimum absolute atomic E-state index is 0.245. The third kappa shape index (κ3) is 4.12. The van der Waals surface area contributed by atoms with Gasteiger partial charge in [0, 0.05) is 6.92 Å². The molecule has 0 radical (unpaired) electrons. The van der Waals surface area contributed by atoms with Gasteiger partial charge in [0.2, 0.25) is 0 Å². The maximum Gasteiger partial charge on any atom is 0.302 e. The monoisotopic (exact) mass is 200 g/mol. The molecule has 2 heteroatoms. The van der Waals surface area contributed by atoms with Crippen LogP contribution in [0.5, 0.6) is 0 Å². The molecule has 1 atom stereocenters. The number of rotatable bonds is 1. The summed E-state index contributed by atoms with van der Waals surface area (Å²) in [5.41, 5.74) is 0.661. The van der Waals surface area contributed by atoms with Crippen molar-refractivity contribution in [2.75, 3.05) is 7.11 Å². The Morgan fingerprint density at radius 1 is 1.43 bits per heavy atom. The van der Waals surface area contributed by atoms with E-state index in [1.807, 2.05) is 0 Å². The molecule has 84 valence electrons. The average molecular weight is 200 g/mol. The van der Waals surface area contributed by atoms with E-state index in [9.17, 15) is 4.79 Å². The van der Waals surface area contributed by atoms with Gasteiger partial charge in [-0.15, -0.1) is 0 Å². The first kappa shape index (κ1) is 13.5. The molecule has 0 spiro atoms. The van der Waals surface area contributed by atoms with Crippen molar-refractivity contribution in [1.29, 1.82) is 0 Å². The Bertz CT molecular complexity index is 183. The highest BCUT2D eigenvalue weighted by Crippen LogP contribution is 2.49. The Balaban J connectivity index is 0.000000292. The van der Waals surface area contributed by atoms with Crippen LogP contribution in [0.1, 0.15) is 47.5 Å². The van der Waals surface area contributed by atoms with E-state index in [4.69, 9.17) is 0 Å². The van der Waals surface area contributed by atoms with Gasteiger partial charge in [0.05, 0.1) is 7.11 Å². The van der Waals surface area contributed by atoms with E-state index in [2.05, 4.69) is 32.4 Å². The number of carbonyl (C=O) groups is 1. The van der Waals surface area contributed by atoms with E-state index in [0.717, 1.165) is 11.8 Å². The van der Waals surface area contributed by atoms with Crippen molar-refractivity contribution in [2.24, 2.45) is 17.3 Å². The Labute approximate surface area is 88.0 Å². The van der Waals surface area contributed by atoms with Crippen LogP contribution in [-0.4, -0.2) is 13.1 Å². The smallest absolute Gasteiger partial charge is 0.302 e. The fourth-order valence-corrected chi connectivity index (χ4v) is 2.12. The number of methoxy groups -OCH3 is 1. The van der Waals surface area contributed by atoms with Gasteiger partial charge in [0.25, 0.3) is 0 Å². The molecular weight excluding hydrogens is 176 g/mol. The summed E-state index contributed by atoms with van der Waals surface area (Å²) >= 11 is 0. The molecular formula is C12H24O2. The van der Waals surface area contributed by atoms with Gasteiger partial charge in [-0.25, -0.2) is 0 Å². The highest BCUT2D eigenvalue weighted by Gasteiger charge is 2.39. The van der Waals surface area contributed by atoms with Gasteiger partial charge in [-0.2, -0.15) is 0 Å². The summed E-state index contributed by atoms with van der Waals surface area (Å²) in [7, 11) is 1.35. The molecule has 1 unspecified atom stereocenters. The number of hydrogen-bond donors (Lipinski definition) is 0. The van der Waals surface area contributed by atoms with Crippen LogP contribution in [0.15, 0.2) is 0 Å². The Morgan fingerprint density at radius 3 is 1.86 bits per heavy atom. The van der Waals surface area contributed by atoms with Gasteiger partial charge >= 0.3 is 5.97 Å². The lowest BCUT2D eigenvalue weighted by Crippen LogP contribution is -2.37. The highest BCUT2D eigenvalue weighted by atomic mass is 16.5. The quantitative estimate of drug-likeness (QED) is 0.607. The molecule has 1 aliphatic carbocycles. The third-order valence-electron chi connectivity index (χ3n) is 3.20. The molecule has 0 bridgehead atoms. The molecule has 0 aliphatic heterocycles. The number of esters is 1. The van der Waals surface area contributed by atoms with Crippen molar-refractivity contribution in [3.05, 3.63) is 0 Å². The predicted molar refractivity (Wildman–Crippen MR) is 59.0 cm³/mol. The van der Waals surface area contributed by atoms with Crippen molar-refractivity contribution in [1.82, 2.24) is 0 Å². The first-order valence-corrected chi connectivity index (χ1v) is 5.36. The zero-order valence-electron chi connectivity index (χ0n) is 10.4. The molecule has 1 rings (SSSR count). The molecule has 0 aromatic rings. The summed E-state index contributed by atoms with van der Waals surface area (Å²) in [6, 6.07) is 0. The van der Waals surface area contributed by atoms with Crippen LogP contribution in [0.4, 0.5) is 0 Å². The zero-order valence-corrected chi connectivity index (χ0v) is 10.4. The van der Waals surface area contributed by atoms with Crippen LogP contribution in [0, 0.1) is 17.3 Å². The standard InChI is InChI=1S/C9H18.C3H6O2/c1-7(2)8-5-6-9(8,3)4;1-3(4)5-2/h7-8H,5-6H2,1-4H3;1-2H3. The first-order chi connectivity index (χ1) is 6.31. The van der Waals surface area contributed by atoms with Gasteiger partial charge in [-0.1, -0.05) is 27.7 Å². The molecule has 0 N–H and O–H groups in total. The maximum atomic E-state index is 9.59. The first-order valence-electron chi connectivity index (χ1n) is 5.36. The second kappa shape index (κ2) is 5.38. The second-order valence-corrected chi connectivity index (χ2v) is 5.07. The lowest BCUT2D eigenvalue weighted by molar-refractivity contribution is -0.137. The van der Waals surface area contributed by atoms with Crippen molar-refractivity contribution in [2.45, 2.75) is 47.5 Å². The predicted octanol–water partition coefficient (Wildman–Crippen LogP) is 3.26. The van der Waals surface area contributed by atoms with E-state index in [1.54, 1.807) is 0 Å². The number of carbonyl (C=O) groups excluding carboxylic acids is 1. The minimum Gasteiger partial charge on any atom is -0.469 e.